The normalized spacial score (nSPS) is 22.6. The quantitative estimate of drug-likeness (QED) is 0.874. The molecule has 2 atom stereocenters. The highest BCUT2D eigenvalue weighted by Crippen LogP contribution is 2.17. The van der Waals surface area contributed by atoms with Gasteiger partial charge in [-0.25, -0.2) is 0 Å². The van der Waals surface area contributed by atoms with Crippen molar-refractivity contribution in [3.05, 3.63) is 22.4 Å². The maximum absolute atomic E-state index is 12.0. The molecule has 2 N–H and O–H groups in total. The molecule has 0 bridgehead atoms. The molecule has 20 heavy (non-hydrogen) atoms. The number of aliphatic hydroxyl groups excluding tert-OH is 1. The van der Waals surface area contributed by atoms with E-state index in [-0.39, 0.29) is 24.2 Å². The Labute approximate surface area is 122 Å². The molecule has 1 aromatic rings. The topological polar surface area (TPSA) is 69.6 Å². The number of aliphatic hydroxyl groups is 1. The molecule has 0 aliphatic carbocycles. The molecule has 1 aliphatic rings. The number of nitrogens with zero attached hydrogens (tertiary/aromatic N) is 1. The lowest BCUT2D eigenvalue weighted by Gasteiger charge is -2.34. The average molecular weight is 296 g/mol. The van der Waals surface area contributed by atoms with Crippen LogP contribution in [-0.4, -0.2) is 47.6 Å². The number of thiophene rings is 1. The first-order chi connectivity index (χ1) is 9.58. The average Bonchev–Trinajstić information content (AvgIpc) is 2.95. The summed E-state index contributed by atoms with van der Waals surface area (Å²) < 4.78 is 0. The zero-order chi connectivity index (χ0) is 14.5. The Hall–Kier alpha value is -1.40. The molecular formula is C14H20N2O3S. The van der Waals surface area contributed by atoms with Crippen LogP contribution in [0.2, 0.25) is 0 Å². The van der Waals surface area contributed by atoms with Gasteiger partial charge >= 0.3 is 0 Å². The maximum Gasteiger partial charge on any atom is 0.261 e. The summed E-state index contributed by atoms with van der Waals surface area (Å²) in [7, 11) is 0. The van der Waals surface area contributed by atoms with Crippen molar-refractivity contribution < 1.29 is 14.7 Å². The maximum atomic E-state index is 12.0. The highest BCUT2D eigenvalue weighted by atomic mass is 32.1. The SMILES string of the molecule is CC1CCN(C(=O)CCNC(=O)c2cccs2)CC1O. The van der Waals surface area contributed by atoms with E-state index in [1.165, 1.54) is 11.3 Å². The predicted octanol–water partition coefficient (Wildman–Crippen LogP) is 1.10. The van der Waals surface area contributed by atoms with E-state index < -0.39 is 6.10 Å². The van der Waals surface area contributed by atoms with Gasteiger partial charge in [0.2, 0.25) is 5.91 Å². The summed E-state index contributed by atoms with van der Waals surface area (Å²) in [6, 6.07) is 3.57. The molecule has 0 spiro atoms. The zero-order valence-electron chi connectivity index (χ0n) is 11.5. The lowest BCUT2D eigenvalue weighted by molar-refractivity contribution is -0.135. The number of hydrogen-bond donors (Lipinski definition) is 2. The molecule has 1 aliphatic heterocycles. The molecule has 0 radical (unpaired) electrons. The summed E-state index contributed by atoms with van der Waals surface area (Å²) in [4.78, 5) is 26.0. The van der Waals surface area contributed by atoms with Crippen LogP contribution in [0.25, 0.3) is 0 Å². The third-order valence-corrected chi connectivity index (χ3v) is 4.51. The molecule has 2 unspecified atom stereocenters. The Morgan fingerprint density at radius 1 is 1.55 bits per heavy atom. The number of rotatable bonds is 4. The predicted molar refractivity (Wildman–Crippen MR) is 77.6 cm³/mol. The van der Waals surface area contributed by atoms with Crippen molar-refractivity contribution in [1.29, 1.82) is 0 Å². The van der Waals surface area contributed by atoms with Crippen LogP contribution < -0.4 is 5.32 Å². The van der Waals surface area contributed by atoms with Crippen molar-refractivity contribution in [2.24, 2.45) is 5.92 Å². The van der Waals surface area contributed by atoms with Crippen LogP contribution in [0, 0.1) is 5.92 Å². The van der Waals surface area contributed by atoms with Gasteiger partial charge in [0.05, 0.1) is 11.0 Å². The molecule has 1 saturated heterocycles. The highest BCUT2D eigenvalue weighted by Gasteiger charge is 2.26. The minimum Gasteiger partial charge on any atom is -0.391 e. The van der Waals surface area contributed by atoms with Gasteiger partial charge in [-0.1, -0.05) is 13.0 Å². The summed E-state index contributed by atoms with van der Waals surface area (Å²) in [6.45, 7) is 3.42. The minimum absolute atomic E-state index is 0.0116. The van der Waals surface area contributed by atoms with Gasteiger partial charge in [0, 0.05) is 26.1 Å². The van der Waals surface area contributed by atoms with Crippen LogP contribution in [0.1, 0.15) is 29.4 Å². The van der Waals surface area contributed by atoms with Crippen molar-refractivity contribution in [3.8, 4) is 0 Å². The number of hydrogen-bond acceptors (Lipinski definition) is 4. The highest BCUT2D eigenvalue weighted by molar-refractivity contribution is 7.12. The second-order valence-electron chi connectivity index (χ2n) is 5.16. The van der Waals surface area contributed by atoms with Crippen molar-refractivity contribution in [2.45, 2.75) is 25.9 Å². The Bertz CT molecular complexity index is 461. The summed E-state index contributed by atoms with van der Waals surface area (Å²) in [5.74, 6) is 0.0973. The molecule has 0 saturated carbocycles. The second kappa shape index (κ2) is 6.85. The standard InChI is InChI=1S/C14H20N2O3S/c1-10-5-7-16(9-11(10)17)13(18)4-6-15-14(19)12-3-2-8-20-12/h2-3,8,10-11,17H,4-7,9H2,1H3,(H,15,19). The molecule has 2 rings (SSSR count). The monoisotopic (exact) mass is 296 g/mol. The summed E-state index contributed by atoms with van der Waals surface area (Å²) >= 11 is 1.38. The van der Waals surface area contributed by atoms with E-state index in [1.54, 1.807) is 11.0 Å². The Morgan fingerprint density at radius 2 is 2.35 bits per heavy atom. The molecule has 1 fully saturated rings. The van der Waals surface area contributed by atoms with E-state index in [4.69, 9.17) is 0 Å². The summed E-state index contributed by atoms with van der Waals surface area (Å²) in [5.41, 5.74) is 0. The zero-order valence-corrected chi connectivity index (χ0v) is 12.4. The van der Waals surface area contributed by atoms with Crippen molar-refractivity contribution in [1.82, 2.24) is 10.2 Å². The minimum atomic E-state index is -0.437. The fourth-order valence-corrected chi connectivity index (χ4v) is 2.85. The van der Waals surface area contributed by atoms with Crippen molar-refractivity contribution in [2.75, 3.05) is 19.6 Å². The number of carbonyl (C=O) groups excluding carboxylic acids is 2. The molecule has 5 nitrogen and oxygen atoms in total. The van der Waals surface area contributed by atoms with Crippen LogP contribution in [0.5, 0.6) is 0 Å². The van der Waals surface area contributed by atoms with Crippen LogP contribution >= 0.6 is 11.3 Å². The molecule has 1 aromatic heterocycles. The summed E-state index contributed by atoms with van der Waals surface area (Å²) in [5, 5.41) is 14.4. The fraction of sp³-hybridized carbons (Fsp3) is 0.571. The molecule has 2 amide bonds. The lowest BCUT2D eigenvalue weighted by Crippen LogP contribution is -2.46. The van der Waals surface area contributed by atoms with Crippen molar-refractivity contribution in [3.63, 3.8) is 0 Å². The van der Waals surface area contributed by atoms with E-state index in [9.17, 15) is 14.7 Å². The molecule has 2 heterocycles. The molecule has 110 valence electrons. The Kier molecular flexibility index (Phi) is 5.14. The smallest absolute Gasteiger partial charge is 0.261 e. The molecule has 6 heteroatoms. The van der Waals surface area contributed by atoms with Crippen LogP contribution in [0.4, 0.5) is 0 Å². The van der Waals surface area contributed by atoms with Gasteiger partial charge in [-0.05, 0) is 23.8 Å². The Balaban J connectivity index is 1.71. The van der Waals surface area contributed by atoms with E-state index in [0.717, 1.165) is 6.42 Å². The number of amides is 2. The van der Waals surface area contributed by atoms with Gasteiger partial charge in [-0.2, -0.15) is 0 Å². The van der Waals surface area contributed by atoms with Gasteiger partial charge < -0.3 is 15.3 Å². The number of nitrogens with one attached hydrogen (secondary N) is 1. The summed E-state index contributed by atoms with van der Waals surface area (Å²) in [6.07, 6.45) is 0.667. The lowest BCUT2D eigenvalue weighted by atomic mass is 9.96. The van der Waals surface area contributed by atoms with Crippen LogP contribution in [0.15, 0.2) is 17.5 Å². The number of piperidine rings is 1. The first kappa shape index (κ1) is 15.0. The van der Waals surface area contributed by atoms with E-state index in [0.29, 0.717) is 24.5 Å². The van der Waals surface area contributed by atoms with E-state index >= 15 is 0 Å². The van der Waals surface area contributed by atoms with E-state index in [1.807, 2.05) is 18.4 Å². The molecular weight excluding hydrogens is 276 g/mol. The van der Waals surface area contributed by atoms with Gasteiger partial charge in [0.15, 0.2) is 0 Å². The largest absolute Gasteiger partial charge is 0.391 e. The third kappa shape index (κ3) is 3.80. The second-order valence-corrected chi connectivity index (χ2v) is 6.10. The van der Waals surface area contributed by atoms with Gasteiger partial charge in [0.25, 0.3) is 5.91 Å². The first-order valence-electron chi connectivity index (χ1n) is 6.85. The van der Waals surface area contributed by atoms with Gasteiger partial charge in [0.1, 0.15) is 0 Å². The molecule has 0 aromatic carbocycles. The van der Waals surface area contributed by atoms with Gasteiger partial charge in [-0.3, -0.25) is 9.59 Å². The van der Waals surface area contributed by atoms with Crippen LogP contribution in [-0.2, 0) is 4.79 Å². The fourth-order valence-electron chi connectivity index (χ4n) is 2.21. The van der Waals surface area contributed by atoms with E-state index in [2.05, 4.69) is 5.32 Å². The number of likely N-dealkylation sites (tertiary alicyclic amines) is 1. The third-order valence-electron chi connectivity index (χ3n) is 3.64. The van der Waals surface area contributed by atoms with Crippen molar-refractivity contribution >= 4 is 23.2 Å². The number of carbonyl (C=O) groups is 2. The number of β-amino-alcohol motifs (C(OH)–C–C–N with tert-alkyl or cyclic N) is 1. The first-order valence-corrected chi connectivity index (χ1v) is 7.73. The van der Waals surface area contributed by atoms with Gasteiger partial charge in [-0.15, -0.1) is 11.3 Å². The Morgan fingerprint density at radius 3 is 3.00 bits per heavy atom. The van der Waals surface area contributed by atoms with Crippen LogP contribution in [0.3, 0.4) is 0 Å².